The molecule has 6 nitrogen and oxygen atoms in total. The van der Waals surface area contributed by atoms with Crippen molar-refractivity contribution in [2.24, 2.45) is 0 Å². The summed E-state index contributed by atoms with van der Waals surface area (Å²) in [4.78, 5) is 0. The number of rotatable bonds is 5. The molecule has 2 aromatic carbocycles. The van der Waals surface area contributed by atoms with Crippen LogP contribution in [0.3, 0.4) is 0 Å². The van der Waals surface area contributed by atoms with E-state index in [4.69, 9.17) is 11.6 Å². The molecule has 0 bridgehead atoms. The molecule has 11 heteroatoms. The van der Waals surface area contributed by atoms with Gasteiger partial charge in [-0.05, 0) is 65.8 Å². The fourth-order valence-electron chi connectivity index (χ4n) is 2.77. The highest BCUT2D eigenvalue weighted by Crippen LogP contribution is 2.34. The SMILES string of the molecule is O=S(=O)(Nc1ccc(F)c(F)c1Nc1ccc(I)cc1Cl)N1CCC(O)CC1. The highest BCUT2D eigenvalue weighted by Gasteiger charge is 2.28. The fourth-order valence-corrected chi connectivity index (χ4v) is 4.94. The van der Waals surface area contributed by atoms with Gasteiger partial charge in [-0.3, -0.25) is 4.72 Å². The Labute approximate surface area is 180 Å². The van der Waals surface area contributed by atoms with Crippen LogP contribution in [0.2, 0.25) is 5.02 Å². The zero-order valence-corrected chi connectivity index (χ0v) is 18.2. The molecule has 0 aromatic heterocycles. The summed E-state index contributed by atoms with van der Waals surface area (Å²) in [5.41, 5.74) is -0.225. The van der Waals surface area contributed by atoms with Crippen molar-refractivity contribution in [3.63, 3.8) is 0 Å². The van der Waals surface area contributed by atoms with Crippen molar-refractivity contribution >= 4 is 61.5 Å². The van der Waals surface area contributed by atoms with E-state index < -0.39 is 27.9 Å². The number of hydrogen-bond acceptors (Lipinski definition) is 4. The highest BCUT2D eigenvalue weighted by molar-refractivity contribution is 14.1. The minimum absolute atomic E-state index is 0.131. The molecule has 0 saturated carbocycles. The molecule has 0 atom stereocenters. The second-order valence-electron chi connectivity index (χ2n) is 6.27. The van der Waals surface area contributed by atoms with Gasteiger partial charge >= 0.3 is 10.2 Å². The summed E-state index contributed by atoms with van der Waals surface area (Å²) < 4.78 is 57.8. The van der Waals surface area contributed by atoms with Crippen molar-refractivity contribution in [3.05, 3.63) is 50.6 Å². The average Bonchev–Trinajstić information content (AvgIpc) is 2.63. The number of nitrogens with one attached hydrogen (secondary N) is 2. The Hall–Kier alpha value is -1.21. The second kappa shape index (κ2) is 8.66. The predicted molar refractivity (Wildman–Crippen MR) is 113 cm³/mol. The number of hydrogen-bond donors (Lipinski definition) is 3. The second-order valence-corrected chi connectivity index (χ2v) is 9.59. The van der Waals surface area contributed by atoms with Gasteiger partial charge in [-0.1, -0.05) is 11.6 Å². The lowest BCUT2D eigenvalue weighted by atomic mass is 10.1. The van der Waals surface area contributed by atoms with Crippen LogP contribution in [-0.2, 0) is 10.2 Å². The van der Waals surface area contributed by atoms with Crippen molar-refractivity contribution in [3.8, 4) is 0 Å². The first-order valence-electron chi connectivity index (χ1n) is 8.33. The topological polar surface area (TPSA) is 81.7 Å². The Morgan fingerprint density at radius 3 is 2.43 bits per heavy atom. The first kappa shape index (κ1) is 21.5. The minimum atomic E-state index is -4.01. The number of benzene rings is 2. The van der Waals surface area contributed by atoms with E-state index >= 15 is 0 Å². The van der Waals surface area contributed by atoms with E-state index in [0.29, 0.717) is 18.5 Å². The maximum atomic E-state index is 14.5. The Bertz CT molecular complexity index is 986. The van der Waals surface area contributed by atoms with Gasteiger partial charge in [0.15, 0.2) is 11.6 Å². The lowest BCUT2D eigenvalue weighted by molar-refractivity contribution is 0.113. The van der Waals surface area contributed by atoms with E-state index in [0.717, 1.165) is 20.0 Å². The van der Waals surface area contributed by atoms with Gasteiger partial charge in [0.05, 0.1) is 22.5 Å². The van der Waals surface area contributed by atoms with Crippen LogP contribution in [0.5, 0.6) is 0 Å². The molecule has 2 aromatic rings. The zero-order valence-electron chi connectivity index (χ0n) is 14.4. The Balaban J connectivity index is 1.92. The number of aliphatic hydroxyl groups is 1. The molecular formula is C17H17ClF2IN3O3S. The van der Waals surface area contributed by atoms with Gasteiger partial charge in [0.25, 0.3) is 0 Å². The van der Waals surface area contributed by atoms with Crippen LogP contribution >= 0.6 is 34.2 Å². The van der Waals surface area contributed by atoms with Crippen molar-refractivity contribution in [1.29, 1.82) is 0 Å². The van der Waals surface area contributed by atoms with E-state index in [-0.39, 0.29) is 29.5 Å². The summed E-state index contributed by atoms with van der Waals surface area (Å²) in [6.45, 7) is 0.262. The van der Waals surface area contributed by atoms with E-state index in [1.807, 2.05) is 0 Å². The normalized spacial score (nSPS) is 16.2. The molecule has 3 rings (SSSR count). The standard InChI is InChI=1S/C17H17ClF2IN3O3S/c18-12-9-10(21)1-3-14(12)22-17-15(4-2-13(19)16(17)20)23-28(26,27)24-7-5-11(25)6-8-24/h1-4,9,11,22-23,25H,5-8H2. The lowest BCUT2D eigenvalue weighted by Gasteiger charge is -2.29. The molecule has 152 valence electrons. The number of halogens is 4. The Kier molecular flexibility index (Phi) is 6.65. The van der Waals surface area contributed by atoms with Gasteiger partial charge in [0.1, 0.15) is 5.69 Å². The molecule has 0 aliphatic carbocycles. The molecule has 1 aliphatic heterocycles. The third-order valence-electron chi connectivity index (χ3n) is 4.29. The zero-order chi connectivity index (χ0) is 20.5. The first-order chi connectivity index (χ1) is 13.2. The number of anilines is 3. The van der Waals surface area contributed by atoms with Gasteiger partial charge in [-0.15, -0.1) is 0 Å². The van der Waals surface area contributed by atoms with Crippen LogP contribution in [0.4, 0.5) is 25.8 Å². The maximum absolute atomic E-state index is 14.5. The summed E-state index contributed by atoms with van der Waals surface area (Å²) in [7, 11) is -4.01. The quantitative estimate of drug-likeness (QED) is 0.497. The van der Waals surface area contributed by atoms with Crippen LogP contribution < -0.4 is 10.0 Å². The van der Waals surface area contributed by atoms with Gasteiger partial charge in [0.2, 0.25) is 0 Å². The molecule has 1 fully saturated rings. The van der Waals surface area contributed by atoms with Crippen molar-refractivity contribution in [2.75, 3.05) is 23.1 Å². The predicted octanol–water partition coefficient (Wildman–Crippen LogP) is 4.08. The third-order valence-corrected chi connectivity index (χ3v) is 6.79. The Morgan fingerprint density at radius 1 is 1.14 bits per heavy atom. The van der Waals surface area contributed by atoms with Gasteiger partial charge in [-0.2, -0.15) is 12.7 Å². The largest absolute Gasteiger partial charge is 0.393 e. The van der Waals surface area contributed by atoms with Crippen LogP contribution in [-0.4, -0.2) is 37.0 Å². The summed E-state index contributed by atoms with van der Waals surface area (Å²) in [6.07, 6.45) is 0.0689. The van der Waals surface area contributed by atoms with Gasteiger partial charge in [0, 0.05) is 16.7 Å². The van der Waals surface area contributed by atoms with Crippen molar-refractivity contribution < 1.29 is 22.3 Å². The minimum Gasteiger partial charge on any atom is -0.393 e. The summed E-state index contributed by atoms with van der Waals surface area (Å²) in [5, 5.41) is 12.5. The number of piperidine rings is 1. The Morgan fingerprint density at radius 2 is 1.79 bits per heavy atom. The van der Waals surface area contributed by atoms with Crippen LogP contribution in [0, 0.1) is 15.2 Å². The molecule has 28 heavy (non-hydrogen) atoms. The fraction of sp³-hybridized carbons (Fsp3) is 0.294. The van der Waals surface area contributed by atoms with E-state index in [1.54, 1.807) is 18.2 Å². The molecule has 0 radical (unpaired) electrons. The van der Waals surface area contributed by atoms with E-state index in [9.17, 15) is 22.3 Å². The summed E-state index contributed by atoms with van der Waals surface area (Å²) in [6, 6.07) is 6.91. The molecule has 1 saturated heterocycles. The van der Waals surface area contributed by atoms with Crippen LogP contribution in [0.1, 0.15) is 12.8 Å². The highest BCUT2D eigenvalue weighted by atomic mass is 127. The summed E-state index contributed by atoms with van der Waals surface area (Å²) in [5.74, 6) is -2.36. The first-order valence-corrected chi connectivity index (χ1v) is 11.2. The van der Waals surface area contributed by atoms with E-state index in [1.165, 1.54) is 0 Å². The molecule has 3 N–H and O–H groups in total. The number of aliphatic hydroxyl groups excluding tert-OH is 1. The van der Waals surface area contributed by atoms with Crippen LogP contribution in [0.15, 0.2) is 30.3 Å². The summed E-state index contributed by atoms with van der Waals surface area (Å²) >= 11 is 8.19. The third kappa shape index (κ3) is 4.85. The maximum Gasteiger partial charge on any atom is 0.301 e. The monoisotopic (exact) mass is 543 g/mol. The molecule has 0 unspecified atom stereocenters. The molecule has 0 amide bonds. The lowest BCUT2D eigenvalue weighted by Crippen LogP contribution is -2.42. The van der Waals surface area contributed by atoms with E-state index in [2.05, 4.69) is 32.6 Å². The molecule has 1 aliphatic rings. The van der Waals surface area contributed by atoms with Gasteiger partial charge in [-0.25, -0.2) is 8.78 Å². The van der Waals surface area contributed by atoms with Crippen molar-refractivity contribution in [2.45, 2.75) is 18.9 Å². The molecule has 1 heterocycles. The smallest absolute Gasteiger partial charge is 0.301 e. The van der Waals surface area contributed by atoms with Crippen molar-refractivity contribution in [1.82, 2.24) is 4.31 Å². The molecular weight excluding hydrogens is 527 g/mol. The number of nitrogens with zero attached hydrogens (tertiary/aromatic N) is 1. The van der Waals surface area contributed by atoms with Gasteiger partial charge < -0.3 is 10.4 Å². The van der Waals surface area contributed by atoms with Crippen LogP contribution in [0.25, 0.3) is 0 Å². The molecule has 0 spiro atoms. The average molecular weight is 544 g/mol.